The zero-order valence-corrected chi connectivity index (χ0v) is 17.2. The summed E-state index contributed by atoms with van der Waals surface area (Å²) < 4.78 is 10.2. The van der Waals surface area contributed by atoms with Crippen LogP contribution >= 0.6 is 11.3 Å². The number of rotatable bonds is 6. The van der Waals surface area contributed by atoms with Crippen molar-refractivity contribution in [2.24, 2.45) is 5.92 Å². The van der Waals surface area contributed by atoms with Gasteiger partial charge in [0, 0.05) is 4.88 Å². The van der Waals surface area contributed by atoms with E-state index in [1.54, 1.807) is 0 Å². The van der Waals surface area contributed by atoms with E-state index in [9.17, 15) is 9.59 Å². The molecule has 0 aliphatic rings. The van der Waals surface area contributed by atoms with Gasteiger partial charge in [-0.3, -0.25) is 0 Å². The van der Waals surface area contributed by atoms with Gasteiger partial charge in [0.2, 0.25) is 0 Å². The highest BCUT2D eigenvalue weighted by atomic mass is 32.1. The zero-order chi connectivity index (χ0) is 19.4. The number of hydrogen-bond acceptors (Lipinski definition) is 6. The maximum Gasteiger partial charge on any atom is 0.408 e. The van der Waals surface area contributed by atoms with Gasteiger partial charge in [-0.1, -0.05) is 27.7 Å². The molecular formula is C18H30N2O4S. The number of thiazole rings is 1. The van der Waals surface area contributed by atoms with E-state index < -0.39 is 17.7 Å². The van der Waals surface area contributed by atoms with Crippen molar-refractivity contribution in [3.63, 3.8) is 0 Å². The van der Waals surface area contributed by atoms with Crippen molar-refractivity contribution in [1.29, 1.82) is 0 Å². The van der Waals surface area contributed by atoms with Crippen molar-refractivity contribution < 1.29 is 19.1 Å². The van der Waals surface area contributed by atoms with Crippen molar-refractivity contribution in [2.45, 2.75) is 72.4 Å². The van der Waals surface area contributed by atoms with E-state index in [0.29, 0.717) is 23.0 Å². The molecule has 0 radical (unpaired) electrons. The van der Waals surface area contributed by atoms with Crippen LogP contribution in [0.25, 0.3) is 0 Å². The summed E-state index contributed by atoms with van der Waals surface area (Å²) in [6.45, 7) is 13.6. The van der Waals surface area contributed by atoms with Crippen LogP contribution in [0.4, 0.5) is 4.79 Å². The topological polar surface area (TPSA) is 77.5 Å². The number of methoxy groups -OCH3 is 1. The Labute approximate surface area is 154 Å². The van der Waals surface area contributed by atoms with Gasteiger partial charge in [-0.05, 0) is 39.0 Å². The van der Waals surface area contributed by atoms with Crippen LogP contribution in [0.5, 0.6) is 0 Å². The predicted molar refractivity (Wildman–Crippen MR) is 99.1 cm³/mol. The molecule has 0 unspecified atom stereocenters. The minimum absolute atomic E-state index is 0.140. The number of amides is 1. The van der Waals surface area contributed by atoms with E-state index in [-0.39, 0.29) is 12.0 Å². The Hall–Kier alpha value is -1.63. The van der Waals surface area contributed by atoms with Gasteiger partial charge in [0.1, 0.15) is 10.6 Å². The van der Waals surface area contributed by atoms with Crippen LogP contribution in [0.1, 0.15) is 87.2 Å². The van der Waals surface area contributed by atoms with Crippen LogP contribution < -0.4 is 5.32 Å². The zero-order valence-electron chi connectivity index (χ0n) is 16.4. The molecule has 0 fully saturated rings. The first-order chi connectivity index (χ1) is 11.4. The molecule has 0 spiro atoms. The molecule has 7 heteroatoms. The molecular weight excluding hydrogens is 340 g/mol. The fourth-order valence-corrected chi connectivity index (χ4v) is 3.40. The lowest BCUT2D eigenvalue weighted by Crippen LogP contribution is -2.35. The molecule has 1 amide bonds. The highest BCUT2D eigenvalue weighted by Gasteiger charge is 2.27. The van der Waals surface area contributed by atoms with Gasteiger partial charge in [0.05, 0.1) is 13.2 Å². The summed E-state index contributed by atoms with van der Waals surface area (Å²) >= 11 is 1.44. The molecule has 1 aromatic rings. The average molecular weight is 371 g/mol. The van der Waals surface area contributed by atoms with Gasteiger partial charge >= 0.3 is 12.1 Å². The number of ether oxygens (including phenoxy) is 2. The lowest BCUT2D eigenvalue weighted by atomic mass is 10.0. The smallest absolute Gasteiger partial charge is 0.408 e. The Morgan fingerprint density at radius 3 is 2.24 bits per heavy atom. The van der Waals surface area contributed by atoms with Gasteiger partial charge in [-0.2, -0.15) is 0 Å². The molecule has 1 heterocycles. The number of carbonyl (C=O) groups is 2. The fourth-order valence-electron chi connectivity index (χ4n) is 2.28. The van der Waals surface area contributed by atoms with Gasteiger partial charge in [-0.25, -0.2) is 14.6 Å². The van der Waals surface area contributed by atoms with Crippen molar-refractivity contribution in [2.75, 3.05) is 7.11 Å². The molecule has 1 atom stereocenters. The summed E-state index contributed by atoms with van der Waals surface area (Å²) in [4.78, 5) is 29.5. The molecule has 0 aliphatic heterocycles. The third-order valence-electron chi connectivity index (χ3n) is 3.27. The first kappa shape index (κ1) is 21.4. The van der Waals surface area contributed by atoms with Crippen LogP contribution in [0, 0.1) is 5.92 Å². The third-order valence-corrected chi connectivity index (χ3v) is 4.74. The fraction of sp³-hybridized carbons (Fsp3) is 0.722. The highest BCUT2D eigenvalue weighted by molar-refractivity contribution is 7.12. The third kappa shape index (κ3) is 6.65. The van der Waals surface area contributed by atoms with Crippen LogP contribution in [-0.2, 0) is 9.47 Å². The number of aromatic nitrogens is 1. The van der Waals surface area contributed by atoms with Crippen LogP contribution in [0.2, 0.25) is 0 Å². The van der Waals surface area contributed by atoms with Crippen molar-refractivity contribution in [3.8, 4) is 0 Å². The highest BCUT2D eigenvalue weighted by Crippen LogP contribution is 2.33. The SMILES string of the molecule is COC(=O)c1nc([C@@H](CC(C)C)NC(=O)OC(C)(C)C)sc1C(C)C. The molecule has 1 N–H and O–H groups in total. The Morgan fingerprint density at radius 1 is 1.20 bits per heavy atom. The predicted octanol–water partition coefficient (Wildman–Crippen LogP) is 4.67. The molecule has 0 aromatic carbocycles. The lowest BCUT2D eigenvalue weighted by molar-refractivity contribution is 0.0497. The number of nitrogens with zero attached hydrogens (tertiary/aromatic N) is 1. The number of esters is 1. The second-order valence-corrected chi connectivity index (χ2v) is 8.80. The molecule has 0 bridgehead atoms. The Kier molecular flexibility index (Phi) is 7.41. The van der Waals surface area contributed by atoms with E-state index >= 15 is 0 Å². The standard InChI is InChI=1S/C18H30N2O4S/c1-10(2)9-12(19-17(22)24-18(5,6)7)15-20-13(16(21)23-8)14(25-15)11(3)4/h10-12H,9H2,1-8H3,(H,19,22)/t12-/m1/s1. The molecule has 0 saturated carbocycles. The Balaban J connectivity index is 3.14. The number of alkyl carbamates (subject to hydrolysis) is 1. The van der Waals surface area contributed by atoms with E-state index in [4.69, 9.17) is 9.47 Å². The maximum atomic E-state index is 12.2. The summed E-state index contributed by atoms with van der Waals surface area (Å²) in [7, 11) is 1.34. The molecule has 0 aliphatic carbocycles. The first-order valence-electron chi connectivity index (χ1n) is 8.53. The summed E-state index contributed by atoms with van der Waals surface area (Å²) in [6.07, 6.45) is 0.212. The van der Waals surface area contributed by atoms with Crippen LogP contribution in [-0.4, -0.2) is 29.8 Å². The maximum absolute atomic E-state index is 12.2. The Bertz CT molecular complexity index is 603. The minimum atomic E-state index is -0.574. The van der Waals surface area contributed by atoms with E-state index in [1.807, 2.05) is 34.6 Å². The normalized spacial score (nSPS) is 13.0. The van der Waals surface area contributed by atoms with Crippen molar-refractivity contribution in [1.82, 2.24) is 10.3 Å². The average Bonchev–Trinajstić information content (AvgIpc) is 2.88. The molecule has 25 heavy (non-hydrogen) atoms. The van der Waals surface area contributed by atoms with E-state index in [1.165, 1.54) is 18.4 Å². The second-order valence-electron chi connectivity index (χ2n) is 7.74. The van der Waals surface area contributed by atoms with Gasteiger partial charge in [0.25, 0.3) is 0 Å². The molecule has 142 valence electrons. The molecule has 1 rings (SSSR count). The number of carbonyl (C=O) groups excluding carboxylic acids is 2. The summed E-state index contributed by atoms with van der Waals surface area (Å²) in [5, 5.41) is 3.59. The first-order valence-corrected chi connectivity index (χ1v) is 9.34. The summed E-state index contributed by atoms with van der Waals surface area (Å²) in [5.74, 6) is 0.0289. The van der Waals surface area contributed by atoms with Crippen molar-refractivity contribution >= 4 is 23.4 Å². The monoisotopic (exact) mass is 370 g/mol. The Morgan fingerprint density at radius 2 is 1.80 bits per heavy atom. The molecule has 6 nitrogen and oxygen atoms in total. The van der Waals surface area contributed by atoms with Gasteiger partial charge in [0.15, 0.2) is 5.69 Å². The van der Waals surface area contributed by atoms with Crippen LogP contribution in [0.3, 0.4) is 0 Å². The van der Waals surface area contributed by atoms with Gasteiger partial charge < -0.3 is 14.8 Å². The summed E-state index contributed by atoms with van der Waals surface area (Å²) in [6, 6.07) is -0.309. The number of nitrogens with one attached hydrogen (secondary N) is 1. The molecule has 0 saturated heterocycles. The molecule has 1 aromatic heterocycles. The second kappa shape index (κ2) is 8.65. The van der Waals surface area contributed by atoms with Gasteiger partial charge in [-0.15, -0.1) is 11.3 Å². The van der Waals surface area contributed by atoms with E-state index in [2.05, 4.69) is 24.1 Å². The van der Waals surface area contributed by atoms with Crippen LogP contribution in [0.15, 0.2) is 0 Å². The minimum Gasteiger partial charge on any atom is -0.464 e. The lowest BCUT2D eigenvalue weighted by Gasteiger charge is -2.23. The van der Waals surface area contributed by atoms with E-state index in [0.717, 1.165) is 4.88 Å². The largest absolute Gasteiger partial charge is 0.464 e. The van der Waals surface area contributed by atoms with Crippen molar-refractivity contribution in [3.05, 3.63) is 15.6 Å². The quantitative estimate of drug-likeness (QED) is 0.737. The summed E-state index contributed by atoms with van der Waals surface area (Å²) in [5.41, 5.74) is -0.243. The number of hydrogen-bond donors (Lipinski definition) is 1.